The fourth-order valence-electron chi connectivity index (χ4n) is 6.87. The number of aromatic nitrogens is 4. The van der Waals surface area contributed by atoms with E-state index in [1.807, 2.05) is 30.3 Å². The number of benzene rings is 7. The standard InChI is InChI=1S/C41H24N4O/c1-2-11-26(12-3-1)39-42-40(29-18-20-32-37(24-29)46-36-21-19-25-10-6-7-15-30(25)38(32)36)44-41(43-39)45-34-17-9-8-16-31(34)33-22-27-13-4-5-14-28(27)23-35(33)45/h1-24H. The van der Waals surface area contributed by atoms with Gasteiger partial charge in [0, 0.05) is 32.7 Å². The van der Waals surface area contributed by atoms with Gasteiger partial charge in [0.2, 0.25) is 5.95 Å². The maximum atomic E-state index is 6.42. The predicted molar refractivity (Wildman–Crippen MR) is 187 cm³/mol. The Hall–Kier alpha value is -6.33. The molecule has 0 radical (unpaired) electrons. The Labute approximate surface area is 263 Å². The van der Waals surface area contributed by atoms with Crippen molar-refractivity contribution in [3.63, 3.8) is 0 Å². The largest absolute Gasteiger partial charge is 0.456 e. The van der Waals surface area contributed by atoms with Gasteiger partial charge in [-0.05, 0) is 57.9 Å². The van der Waals surface area contributed by atoms with E-state index in [1.54, 1.807) is 0 Å². The van der Waals surface area contributed by atoms with E-state index in [0.717, 1.165) is 54.9 Å². The minimum atomic E-state index is 0.570. The zero-order valence-electron chi connectivity index (χ0n) is 24.6. The van der Waals surface area contributed by atoms with Crippen LogP contribution in [0, 0.1) is 0 Å². The zero-order chi connectivity index (χ0) is 30.2. The summed E-state index contributed by atoms with van der Waals surface area (Å²) in [6.45, 7) is 0. The molecule has 3 heterocycles. The molecule has 0 saturated carbocycles. The summed E-state index contributed by atoms with van der Waals surface area (Å²) in [6, 6.07) is 50.4. The van der Waals surface area contributed by atoms with Crippen molar-refractivity contribution in [2.45, 2.75) is 0 Å². The molecule has 46 heavy (non-hydrogen) atoms. The highest BCUT2D eigenvalue weighted by molar-refractivity contribution is 6.19. The molecular weight excluding hydrogens is 564 g/mol. The average Bonchev–Trinajstić information content (AvgIpc) is 3.66. The summed E-state index contributed by atoms with van der Waals surface area (Å²) >= 11 is 0. The molecule has 0 saturated heterocycles. The van der Waals surface area contributed by atoms with Crippen LogP contribution in [0.1, 0.15) is 0 Å². The van der Waals surface area contributed by atoms with Crippen LogP contribution in [0.25, 0.3) is 94.0 Å². The molecule has 7 aromatic carbocycles. The van der Waals surface area contributed by atoms with Crippen molar-refractivity contribution < 1.29 is 4.42 Å². The second-order valence-corrected chi connectivity index (χ2v) is 11.7. The second-order valence-electron chi connectivity index (χ2n) is 11.7. The van der Waals surface area contributed by atoms with Gasteiger partial charge in [0.1, 0.15) is 11.2 Å². The van der Waals surface area contributed by atoms with Crippen molar-refractivity contribution in [2.24, 2.45) is 0 Å². The molecule has 0 bridgehead atoms. The van der Waals surface area contributed by atoms with E-state index in [9.17, 15) is 0 Å². The Morgan fingerprint density at radius 1 is 0.413 bits per heavy atom. The van der Waals surface area contributed by atoms with Gasteiger partial charge in [-0.2, -0.15) is 9.97 Å². The number of hydrogen-bond donors (Lipinski definition) is 0. The molecule has 214 valence electrons. The van der Waals surface area contributed by atoms with Crippen LogP contribution < -0.4 is 0 Å². The third-order valence-electron chi connectivity index (χ3n) is 9.02. The quantitative estimate of drug-likeness (QED) is 0.206. The predicted octanol–water partition coefficient (Wildman–Crippen LogP) is 10.5. The lowest BCUT2D eigenvalue weighted by Crippen LogP contribution is -2.06. The molecule has 5 nitrogen and oxygen atoms in total. The van der Waals surface area contributed by atoms with Crippen LogP contribution in [0.2, 0.25) is 0 Å². The van der Waals surface area contributed by atoms with E-state index in [0.29, 0.717) is 17.6 Å². The van der Waals surface area contributed by atoms with Crippen LogP contribution in [0.3, 0.4) is 0 Å². The maximum absolute atomic E-state index is 6.42. The number of furan rings is 1. The maximum Gasteiger partial charge on any atom is 0.238 e. The molecule has 0 aliphatic rings. The van der Waals surface area contributed by atoms with Gasteiger partial charge in [-0.1, -0.05) is 109 Å². The van der Waals surface area contributed by atoms with E-state index >= 15 is 0 Å². The van der Waals surface area contributed by atoms with Crippen LogP contribution in [0.5, 0.6) is 0 Å². The van der Waals surface area contributed by atoms with Gasteiger partial charge in [-0.15, -0.1) is 0 Å². The molecule has 10 rings (SSSR count). The average molecular weight is 589 g/mol. The summed E-state index contributed by atoms with van der Waals surface area (Å²) in [7, 11) is 0. The van der Waals surface area contributed by atoms with Crippen molar-refractivity contribution in [1.29, 1.82) is 0 Å². The molecule has 0 aliphatic heterocycles. The van der Waals surface area contributed by atoms with Gasteiger partial charge in [0.15, 0.2) is 11.6 Å². The number of rotatable bonds is 3. The smallest absolute Gasteiger partial charge is 0.238 e. The molecular formula is C41H24N4O. The summed E-state index contributed by atoms with van der Waals surface area (Å²) < 4.78 is 8.59. The van der Waals surface area contributed by atoms with Crippen LogP contribution >= 0.6 is 0 Å². The first kappa shape index (κ1) is 25.0. The summed E-state index contributed by atoms with van der Waals surface area (Å²) in [5.41, 5.74) is 5.55. The number of nitrogens with zero attached hydrogens (tertiary/aromatic N) is 4. The highest BCUT2D eigenvalue weighted by Gasteiger charge is 2.19. The van der Waals surface area contributed by atoms with Crippen LogP contribution in [0.4, 0.5) is 0 Å². The topological polar surface area (TPSA) is 56.7 Å². The van der Waals surface area contributed by atoms with E-state index < -0.39 is 0 Å². The van der Waals surface area contributed by atoms with Gasteiger partial charge < -0.3 is 4.42 Å². The minimum Gasteiger partial charge on any atom is -0.456 e. The first-order valence-electron chi connectivity index (χ1n) is 15.4. The summed E-state index contributed by atoms with van der Waals surface area (Å²) in [5, 5.41) is 9.25. The summed E-state index contributed by atoms with van der Waals surface area (Å²) in [4.78, 5) is 15.3. The van der Waals surface area contributed by atoms with E-state index in [-0.39, 0.29) is 0 Å². The lowest BCUT2D eigenvalue weighted by molar-refractivity contribution is 0.669. The van der Waals surface area contributed by atoms with E-state index in [2.05, 4.69) is 120 Å². The Morgan fingerprint density at radius 2 is 1.11 bits per heavy atom. The molecule has 10 aromatic rings. The van der Waals surface area contributed by atoms with E-state index in [1.165, 1.54) is 21.5 Å². The number of hydrogen-bond acceptors (Lipinski definition) is 4. The number of para-hydroxylation sites is 1. The van der Waals surface area contributed by atoms with Crippen molar-refractivity contribution in [3.05, 3.63) is 146 Å². The molecule has 5 heteroatoms. The molecule has 3 aromatic heterocycles. The highest BCUT2D eigenvalue weighted by Crippen LogP contribution is 2.38. The Bertz CT molecular complexity index is 2810. The SMILES string of the molecule is c1ccc(-c2nc(-c3ccc4c(c3)oc3ccc5ccccc5c34)nc(-n3c4ccccc4c4cc5ccccc5cc43)n2)cc1. The first-order chi connectivity index (χ1) is 22.8. The van der Waals surface area contributed by atoms with Gasteiger partial charge in [-0.3, -0.25) is 4.57 Å². The molecule has 0 atom stereocenters. The van der Waals surface area contributed by atoms with Crippen molar-refractivity contribution in [2.75, 3.05) is 0 Å². The highest BCUT2D eigenvalue weighted by atomic mass is 16.3. The van der Waals surface area contributed by atoms with Crippen LogP contribution in [-0.4, -0.2) is 19.5 Å². The molecule has 0 N–H and O–H groups in total. The minimum absolute atomic E-state index is 0.570. The lowest BCUT2D eigenvalue weighted by Gasteiger charge is -2.11. The van der Waals surface area contributed by atoms with Crippen molar-refractivity contribution in [1.82, 2.24) is 19.5 Å². The fourth-order valence-corrected chi connectivity index (χ4v) is 6.87. The fraction of sp³-hybridized carbons (Fsp3) is 0. The van der Waals surface area contributed by atoms with Crippen LogP contribution in [-0.2, 0) is 0 Å². The number of fused-ring (bicyclic) bond motifs is 9. The molecule has 0 spiro atoms. The molecule has 0 amide bonds. The molecule has 0 unspecified atom stereocenters. The Kier molecular flexibility index (Phi) is 5.22. The van der Waals surface area contributed by atoms with Crippen molar-refractivity contribution >= 4 is 65.3 Å². The summed E-state index contributed by atoms with van der Waals surface area (Å²) in [6.07, 6.45) is 0. The van der Waals surface area contributed by atoms with Gasteiger partial charge in [0.25, 0.3) is 0 Å². The molecule has 0 aliphatic carbocycles. The molecule has 0 fully saturated rings. The van der Waals surface area contributed by atoms with Gasteiger partial charge >= 0.3 is 0 Å². The first-order valence-corrected chi connectivity index (χ1v) is 15.4. The normalized spacial score (nSPS) is 11.9. The zero-order valence-corrected chi connectivity index (χ0v) is 24.6. The van der Waals surface area contributed by atoms with E-state index in [4.69, 9.17) is 19.4 Å². The third kappa shape index (κ3) is 3.72. The third-order valence-corrected chi connectivity index (χ3v) is 9.02. The van der Waals surface area contributed by atoms with Gasteiger partial charge in [-0.25, -0.2) is 4.98 Å². The van der Waals surface area contributed by atoms with Gasteiger partial charge in [0.05, 0.1) is 11.0 Å². The van der Waals surface area contributed by atoms with Crippen molar-refractivity contribution in [3.8, 4) is 28.7 Å². The summed E-state index contributed by atoms with van der Waals surface area (Å²) in [5.74, 6) is 1.77. The lowest BCUT2D eigenvalue weighted by atomic mass is 10.0. The van der Waals surface area contributed by atoms with Crippen LogP contribution in [0.15, 0.2) is 150 Å². The monoisotopic (exact) mass is 588 g/mol. The second kappa shape index (κ2) is 9.58. The Balaban J connectivity index is 1.25. The Morgan fingerprint density at radius 3 is 1.96 bits per heavy atom.